The van der Waals surface area contributed by atoms with E-state index in [1.165, 1.54) is 0 Å². The molecule has 0 spiro atoms. The molecule has 0 saturated heterocycles. The predicted octanol–water partition coefficient (Wildman–Crippen LogP) is 5.98. The fourth-order valence-corrected chi connectivity index (χ4v) is 4.42. The second-order valence-corrected chi connectivity index (χ2v) is 8.49. The van der Waals surface area contributed by atoms with Crippen molar-refractivity contribution in [1.29, 1.82) is 0 Å². The number of hydrogen-bond acceptors (Lipinski definition) is 6. The number of ether oxygens (including phenoxy) is 1. The zero-order valence-electron chi connectivity index (χ0n) is 19.6. The Morgan fingerprint density at radius 2 is 1.71 bits per heavy atom. The van der Waals surface area contributed by atoms with Crippen molar-refractivity contribution in [1.82, 2.24) is 0 Å². The molecule has 0 saturated carbocycles. The third-order valence-electron chi connectivity index (χ3n) is 6.27. The zero-order chi connectivity index (χ0) is 24.4. The van der Waals surface area contributed by atoms with Gasteiger partial charge in [0.1, 0.15) is 11.5 Å². The minimum absolute atomic E-state index is 0.0456. The smallest absolute Gasteiger partial charge is 0.339 e. The number of phenols is 1. The van der Waals surface area contributed by atoms with Crippen molar-refractivity contribution in [2.75, 3.05) is 7.11 Å². The predicted molar refractivity (Wildman–Crippen MR) is 130 cm³/mol. The van der Waals surface area contributed by atoms with Crippen molar-refractivity contribution in [3.63, 3.8) is 0 Å². The molecule has 0 fully saturated rings. The molecule has 0 aliphatic heterocycles. The molecule has 178 valence electrons. The van der Waals surface area contributed by atoms with E-state index in [0.717, 1.165) is 31.2 Å². The van der Waals surface area contributed by atoms with Crippen LogP contribution in [0, 0.1) is 6.92 Å². The number of aromatic hydroxyl groups is 1. The summed E-state index contributed by atoms with van der Waals surface area (Å²) in [7, 11) is 1.56. The maximum atomic E-state index is 12.7. The number of fused-ring (bicyclic) bond motifs is 2. The molecular formula is C27H28O7. The molecule has 0 atom stereocenters. The highest BCUT2D eigenvalue weighted by atomic mass is 16.5. The molecule has 0 radical (unpaired) electrons. The molecule has 0 amide bonds. The van der Waals surface area contributed by atoms with E-state index in [9.17, 15) is 19.8 Å². The van der Waals surface area contributed by atoms with Crippen LogP contribution in [0.3, 0.4) is 0 Å². The monoisotopic (exact) mass is 464 g/mol. The molecule has 7 heteroatoms. The lowest BCUT2D eigenvalue weighted by Gasteiger charge is -2.09. The molecule has 7 nitrogen and oxygen atoms in total. The highest BCUT2D eigenvalue weighted by Gasteiger charge is 2.24. The number of carbonyl (C=O) groups is 1. The fourth-order valence-electron chi connectivity index (χ4n) is 4.42. The summed E-state index contributed by atoms with van der Waals surface area (Å²) < 4.78 is 16.7. The Kier molecular flexibility index (Phi) is 6.63. The van der Waals surface area contributed by atoms with Crippen molar-refractivity contribution in [3.05, 3.63) is 57.4 Å². The van der Waals surface area contributed by atoms with Crippen molar-refractivity contribution >= 4 is 27.9 Å². The maximum Gasteiger partial charge on any atom is 0.339 e. The molecule has 4 rings (SSSR count). The van der Waals surface area contributed by atoms with Gasteiger partial charge in [-0.3, -0.25) is 4.79 Å². The van der Waals surface area contributed by atoms with Gasteiger partial charge in [0, 0.05) is 27.5 Å². The first-order valence-corrected chi connectivity index (χ1v) is 11.5. The summed E-state index contributed by atoms with van der Waals surface area (Å²) in [6.45, 7) is 3.96. The number of carboxylic acids is 1. The fraction of sp³-hybridized carbons (Fsp3) is 0.333. The van der Waals surface area contributed by atoms with E-state index in [1.54, 1.807) is 37.4 Å². The average Bonchev–Trinajstić information content (AvgIpc) is 3.17. The maximum absolute atomic E-state index is 12.7. The summed E-state index contributed by atoms with van der Waals surface area (Å²) in [4.78, 5) is 24.4. The van der Waals surface area contributed by atoms with Crippen LogP contribution < -0.4 is 10.4 Å². The van der Waals surface area contributed by atoms with E-state index < -0.39 is 11.6 Å². The molecule has 2 aromatic heterocycles. The first-order valence-electron chi connectivity index (χ1n) is 11.5. The standard InChI is InChI=1S/C27H28O7/c1-4-5-6-7-8-18-15(2)19-13-20-21(14-22(28)29)24(16-9-11-17(32-3)12-10-16)33-26(20)23(30)25(19)34-27(18)31/h9-13,30H,4-8,14H2,1-3H3,(H,28,29). The number of phenolic OH excluding ortho intramolecular Hbond substituents is 1. The lowest BCUT2D eigenvalue weighted by atomic mass is 9.97. The van der Waals surface area contributed by atoms with Crippen LogP contribution >= 0.6 is 0 Å². The largest absolute Gasteiger partial charge is 0.502 e. The highest BCUT2D eigenvalue weighted by Crippen LogP contribution is 2.43. The van der Waals surface area contributed by atoms with E-state index in [4.69, 9.17) is 13.6 Å². The molecule has 2 aromatic carbocycles. The Morgan fingerprint density at radius 1 is 1.00 bits per heavy atom. The van der Waals surface area contributed by atoms with Gasteiger partial charge in [-0.15, -0.1) is 0 Å². The summed E-state index contributed by atoms with van der Waals surface area (Å²) in [5.74, 6) is -0.343. The van der Waals surface area contributed by atoms with Crippen LogP contribution in [-0.2, 0) is 17.6 Å². The summed E-state index contributed by atoms with van der Waals surface area (Å²) in [5.41, 5.74) is 2.07. The van der Waals surface area contributed by atoms with Gasteiger partial charge in [0.2, 0.25) is 5.75 Å². The second kappa shape index (κ2) is 9.63. The minimum atomic E-state index is -1.02. The van der Waals surface area contributed by atoms with Crippen LogP contribution in [0.15, 0.2) is 44.0 Å². The quantitative estimate of drug-likeness (QED) is 0.232. The molecule has 4 aromatic rings. The third kappa shape index (κ3) is 4.25. The van der Waals surface area contributed by atoms with Crippen molar-refractivity contribution in [2.24, 2.45) is 0 Å². The summed E-state index contributed by atoms with van der Waals surface area (Å²) in [5, 5.41) is 21.6. The number of benzene rings is 2. The van der Waals surface area contributed by atoms with Crippen molar-refractivity contribution in [3.8, 4) is 22.8 Å². The second-order valence-electron chi connectivity index (χ2n) is 8.49. The molecule has 0 bridgehead atoms. The van der Waals surface area contributed by atoms with Gasteiger partial charge in [-0.05, 0) is 55.7 Å². The number of hydrogen-bond donors (Lipinski definition) is 2. The summed E-state index contributed by atoms with van der Waals surface area (Å²) in [6.07, 6.45) is 4.39. The van der Waals surface area contributed by atoms with Crippen LogP contribution in [0.25, 0.3) is 33.3 Å². The lowest BCUT2D eigenvalue weighted by Crippen LogP contribution is -2.10. The number of aryl methyl sites for hydroxylation is 1. The Morgan fingerprint density at radius 3 is 2.35 bits per heavy atom. The van der Waals surface area contributed by atoms with Gasteiger partial charge >= 0.3 is 11.6 Å². The number of carboxylic acid groups (broad SMARTS) is 1. The Hall–Kier alpha value is -3.74. The van der Waals surface area contributed by atoms with Gasteiger partial charge in [-0.25, -0.2) is 4.79 Å². The number of methoxy groups -OCH3 is 1. The van der Waals surface area contributed by atoms with Gasteiger partial charge in [-0.2, -0.15) is 0 Å². The van der Waals surface area contributed by atoms with Crippen LogP contribution in [0.5, 0.6) is 11.5 Å². The van der Waals surface area contributed by atoms with Crippen molar-refractivity contribution < 1.29 is 28.6 Å². The van der Waals surface area contributed by atoms with Crippen LogP contribution in [0.2, 0.25) is 0 Å². The van der Waals surface area contributed by atoms with E-state index in [2.05, 4.69) is 6.92 Å². The number of rotatable bonds is 9. The van der Waals surface area contributed by atoms with Crippen molar-refractivity contribution in [2.45, 2.75) is 52.4 Å². The van der Waals surface area contributed by atoms with E-state index >= 15 is 0 Å². The summed E-state index contributed by atoms with van der Waals surface area (Å²) >= 11 is 0. The van der Waals surface area contributed by atoms with Crippen LogP contribution in [-0.4, -0.2) is 23.3 Å². The number of furan rings is 1. The minimum Gasteiger partial charge on any atom is -0.502 e. The molecule has 34 heavy (non-hydrogen) atoms. The average molecular weight is 465 g/mol. The van der Waals surface area contributed by atoms with Crippen LogP contribution in [0.4, 0.5) is 0 Å². The molecule has 0 aliphatic carbocycles. The number of aliphatic carboxylic acids is 1. The van der Waals surface area contributed by atoms with E-state index in [-0.39, 0.29) is 23.3 Å². The van der Waals surface area contributed by atoms with E-state index in [1.807, 2.05) is 6.92 Å². The van der Waals surface area contributed by atoms with E-state index in [0.29, 0.717) is 45.4 Å². The molecule has 2 N–H and O–H groups in total. The third-order valence-corrected chi connectivity index (χ3v) is 6.27. The van der Waals surface area contributed by atoms with Gasteiger partial charge in [0.15, 0.2) is 11.2 Å². The molecule has 0 unspecified atom stereocenters. The van der Waals surface area contributed by atoms with Gasteiger partial charge < -0.3 is 23.8 Å². The van der Waals surface area contributed by atoms with Gasteiger partial charge in [0.05, 0.1) is 13.5 Å². The Labute approximate surface area is 196 Å². The SMILES string of the molecule is CCCCCCc1c(C)c2cc3c(CC(=O)O)c(-c4ccc(OC)cc4)oc3c(O)c2oc1=O. The molecular weight excluding hydrogens is 436 g/mol. The Bertz CT molecular complexity index is 1410. The first kappa shape index (κ1) is 23.4. The zero-order valence-corrected chi connectivity index (χ0v) is 19.6. The first-order chi connectivity index (χ1) is 16.3. The normalized spacial score (nSPS) is 11.4. The van der Waals surface area contributed by atoms with Gasteiger partial charge in [-0.1, -0.05) is 26.2 Å². The topological polar surface area (TPSA) is 110 Å². The molecule has 2 heterocycles. The van der Waals surface area contributed by atoms with Gasteiger partial charge in [0.25, 0.3) is 0 Å². The molecule has 0 aliphatic rings. The Balaban J connectivity index is 1.93. The van der Waals surface area contributed by atoms with Crippen LogP contribution in [0.1, 0.15) is 49.3 Å². The lowest BCUT2D eigenvalue weighted by molar-refractivity contribution is -0.136. The number of unbranched alkanes of at least 4 members (excludes halogenated alkanes) is 3. The highest BCUT2D eigenvalue weighted by molar-refractivity contribution is 6.05. The summed E-state index contributed by atoms with van der Waals surface area (Å²) in [6, 6.07) is 8.78.